The fraction of sp³-hybridized carbons (Fsp3) is 0.867. The van der Waals surface area contributed by atoms with Gasteiger partial charge in [0.15, 0.2) is 0 Å². The molecule has 0 aliphatic rings. The Morgan fingerprint density at radius 3 is 1.74 bits per heavy atom. The molecule has 0 saturated carbocycles. The van der Waals surface area contributed by atoms with Crippen LogP contribution in [0.15, 0.2) is 0 Å². The maximum atomic E-state index is 11.7. The Balaban J connectivity index is 3.96. The average molecular weight is 270 g/mol. The van der Waals surface area contributed by atoms with Crippen LogP contribution in [0.4, 0.5) is 0 Å². The molecule has 0 rings (SSSR count). The van der Waals surface area contributed by atoms with Crippen LogP contribution < -0.4 is 10.6 Å². The molecule has 0 aromatic carbocycles. The summed E-state index contributed by atoms with van der Waals surface area (Å²) in [4.78, 5) is 23.4. The zero-order valence-electron chi connectivity index (χ0n) is 13.5. The van der Waals surface area contributed by atoms with Crippen LogP contribution in [0.5, 0.6) is 0 Å². The number of carbonyl (C=O) groups excluding carboxylic acids is 2. The molecular weight excluding hydrogens is 240 g/mol. The zero-order valence-corrected chi connectivity index (χ0v) is 13.5. The Bertz CT molecular complexity index is 311. The van der Waals surface area contributed by atoms with Crippen molar-refractivity contribution in [3.63, 3.8) is 0 Å². The van der Waals surface area contributed by atoms with Gasteiger partial charge in [0.2, 0.25) is 11.8 Å². The van der Waals surface area contributed by atoms with Gasteiger partial charge in [-0.25, -0.2) is 0 Å². The maximum Gasteiger partial charge on any atom is 0.220 e. The van der Waals surface area contributed by atoms with Crippen LogP contribution >= 0.6 is 0 Å². The van der Waals surface area contributed by atoms with Crippen molar-refractivity contribution in [3.05, 3.63) is 0 Å². The van der Waals surface area contributed by atoms with Gasteiger partial charge >= 0.3 is 0 Å². The molecule has 0 bridgehead atoms. The molecule has 4 nitrogen and oxygen atoms in total. The second kappa shape index (κ2) is 6.92. The van der Waals surface area contributed by atoms with Gasteiger partial charge in [0, 0.05) is 25.4 Å². The SMILES string of the molecule is C[C@H](CNC(=O)CC(C)(C)C)NC(=O)CC(C)(C)C. The van der Waals surface area contributed by atoms with E-state index in [2.05, 4.69) is 10.6 Å². The smallest absolute Gasteiger partial charge is 0.220 e. The van der Waals surface area contributed by atoms with Gasteiger partial charge in [-0.1, -0.05) is 41.5 Å². The van der Waals surface area contributed by atoms with Gasteiger partial charge in [-0.3, -0.25) is 9.59 Å². The fourth-order valence-electron chi connectivity index (χ4n) is 1.67. The van der Waals surface area contributed by atoms with E-state index in [1.807, 2.05) is 48.5 Å². The van der Waals surface area contributed by atoms with Gasteiger partial charge in [0.25, 0.3) is 0 Å². The van der Waals surface area contributed by atoms with E-state index in [-0.39, 0.29) is 28.7 Å². The molecular formula is C15H30N2O2. The molecule has 0 fully saturated rings. The highest BCUT2D eigenvalue weighted by molar-refractivity contribution is 5.78. The Morgan fingerprint density at radius 2 is 1.32 bits per heavy atom. The van der Waals surface area contributed by atoms with Crippen LogP contribution in [-0.4, -0.2) is 24.4 Å². The summed E-state index contributed by atoms with van der Waals surface area (Å²) in [7, 11) is 0. The Kier molecular flexibility index (Phi) is 6.53. The van der Waals surface area contributed by atoms with E-state index in [9.17, 15) is 9.59 Å². The van der Waals surface area contributed by atoms with Crippen LogP contribution in [0.25, 0.3) is 0 Å². The van der Waals surface area contributed by atoms with Crippen molar-refractivity contribution in [2.45, 2.75) is 67.3 Å². The van der Waals surface area contributed by atoms with Gasteiger partial charge in [0.1, 0.15) is 0 Å². The minimum atomic E-state index is -0.0428. The molecule has 0 radical (unpaired) electrons. The van der Waals surface area contributed by atoms with Crippen molar-refractivity contribution in [1.82, 2.24) is 10.6 Å². The summed E-state index contributed by atoms with van der Waals surface area (Å²) in [6, 6.07) is -0.0428. The third-order valence-corrected chi connectivity index (χ3v) is 2.39. The molecule has 2 N–H and O–H groups in total. The second-order valence-electron chi connectivity index (χ2n) is 7.75. The summed E-state index contributed by atoms with van der Waals surface area (Å²) in [5, 5.41) is 5.75. The summed E-state index contributed by atoms with van der Waals surface area (Å²) in [5.74, 6) is 0.0643. The topological polar surface area (TPSA) is 58.2 Å². The van der Waals surface area contributed by atoms with Crippen LogP contribution in [-0.2, 0) is 9.59 Å². The number of hydrogen-bond donors (Lipinski definition) is 2. The molecule has 0 spiro atoms. The largest absolute Gasteiger partial charge is 0.354 e. The molecule has 0 saturated heterocycles. The van der Waals surface area contributed by atoms with Crippen LogP contribution in [0.1, 0.15) is 61.3 Å². The highest BCUT2D eigenvalue weighted by atomic mass is 16.2. The maximum absolute atomic E-state index is 11.7. The molecule has 0 heterocycles. The Morgan fingerprint density at radius 1 is 0.895 bits per heavy atom. The normalized spacial score (nSPS) is 13.8. The predicted octanol–water partition coefficient (Wildman–Crippen LogP) is 2.48. The number of rotatable bonds is 5. The van der Waals surface area contributed by atoms with E-state index < -0.39 is 0 Å². The molecule has 4 heteroatoms. The lowest BCUT2D eigenvalue weighted by Gasteiger charge is -2.21. The molecule has 1 atom stereocenters. The highest BCUT2D eigenvalue weighted by Gasteiger charge is 2.19. The Labute approximate surface area is 117 Å². The summed E-state index contributed by atoms with van der Waals surface area (Å²) in [6.07, 6.45) is 0.989. The number of hydrogen-bond acceptors (Lipinski definition) is 2. The van der Waals surface area contributed by atoms with Gasteiger partial charge in [-0.2, -0.15) is 0 Å². The first-order valence-corrected chi connectivity index (χ1v) is 6.95. The summed E-state index contributed by atoms with van der Waals surface area (Å²) >= 11 is 0. The van der Waals surface area contributed by atoms with Gasteiger partial charge in [-0.15, -0.1) is 0 Å². The van der Waals surface area contributed by atoms with E-state index in [0.29, 0.717) is 19.4 Å². The van der Waals surface area contributed by atoms with Crippen molar-refractivity contribution in [1.29, 1.82) is 0 Å². The first-order chi connectivity index (χ1) is 8.39. The van der Waals surface area contributed by atoms with E-state index in [1.165, 1.54) is 0 Å². The molecule has 2 amide bonds. The number of nitrogens with one attached hydrogen (secondary N) is 2. The second-order valence-corrected chi connectivity index (χ2v) is 7.75. The first kappa shape index (κ1) is 17.9. The minimum Gasteiger partial charge on any atom is -0.354 e. The van der Waals surface area contributed by atoms with E-state index in [1.54, 1.807) is 0 Å². The van der Waals surface area contributed by atoms with Crippen molar-refractivity contribution in [2.24, 2.45) is 10.8 Å². The van der Waals surface area contributed by atoms with Gasteiger partial charge < -0.3 is 10.6 Å². The van der Waals surface area contributed by atoms with Crippen LogP contribution in [0.2, 0.25) is 0 Å². The lowest BCUT2D eigenvalue weighted by molar-refractivity contribution is -0.125. The average Bonchev–Trinajstić information content (AvgIpc) is 2.08. The van der Waals surface area contributed by atoms with E-state index in [4.69, 9.17) is 0 Å². The van der Waals surface area contributed by atoms with Crippen molar-refractivity contribution in [2.75, 3.05) is 6.54 Å². The molecule has 0 aliphatic heterocycles. The van der Waals surface area contributed by atoms with Crippen LogP contribution in [0.3, 0.4) is 0 Å². The third kappa shape index (κ3) is 11.7. The van der Waals surface area contributed by atoms with Gasteiger partial charge in [-0.05, 0) is 17.8 Å². The monoisotopic (exact) mass is 270 g/mol. The highest BCUT2D eigenvalue weighted by Crippen LogP contribution is 2.18. The molecule has 0 unspecified atom stereocenters. The molecule has 0 aromatic heterocycles. The summed E-state index contributed by atoms with van der Waals surface area (Å²) in [6.45, 7) is 14.6. The summed E-state index contributed by atoms with van der Waals surface area (Å²) in [5.41, 5.74) is -0.0257. The standard InChI is InChI=1S/C15H30N2O2/c1-11(17-13(19)9-15(5,6)7)10-16-12(18)8-14(2,3)4/h11H,8-10H2,1-7H3,(H,16,18)(H,17,19)/t11-/m1/s1. The quantitative estimate of drug-likeness (QED) is 0.806. The molecule has 19 heavy (non-hydrogen) atoms. The van der Waals surface area contributed by atoms with E-state index in [0.717, 1.165) is 0 Å². The van der Waals surface area contributed by atoms with Crippen molar-refractivity contribution in [3.8, 4) is 0 Å². The molecule has 0 aliphatic carbocycles. The lowest BCUT2D eigenvalue weighted by atomic mass is 9.91. The fourth-order valence-corrected chi connectivity index (χ4v) is 1.67. The first-order valence-electron chi connectivity index (χ1n) is 6.95. The van der Waals surface area contributed by atoms with Crippen LogP contribution in [0, 0.1) is 10.8 Å². The van der Waals surface area contributed by atoms with Gasteiger partial charge in [0.05, 0.1) is 0 Å². The van der Waals surface area contributed by atoms with E-state index >= 15 is 0 Å². The minimum absolute atomic E-state index is 0.0111. The number of carbonyl (C=O) groups is 2. The zero-order chi connectivity index (χ0) is 15.3. The lowest BCUT2D eigenvalue weighted by Crippen LogP contribution is -2.43. The summed E-state index contributed by atoms with van der Waals surface area (Å²) < 4.78 is 0. The van der Waals surface area contributed by atoms with Crippen molar-refractivity contribution < 1.29 is 9.59 Å². The van der Waals surface area contributed by atoms with Crippen molar-refractivity contribution >= 4 is 11.8 Å². The number of amides is 2. The predicted molar refractivity (Wildman–Crippen MR) is 78.8 cm³/mol. The molecule has 0 aromatic rings. The Hall–Kier alpha value is -1.06. The molecule has 112 valence electrons. The third-order valence-electron chi connectivity index (χ3n) is 2.39.